The molecular weight excluding hydrogens is 475 g/mol. The number of aliphatic imine (C=N–C) groups is 1. The summed E-state index contributed by atoms with van der Waals surface area (Å²) < 4.78 is 6.03. The van der Waals surface area contributed by atoms with Gasteiger partial charge in [0, 0.05) is 37.8 Å². The van der Waals surface area contributed by atoms with E-state index in [1.54, 1.807) is 0 Å². The molecule has 1 saturated heterocycles. The molecule has 1 saturated carbocycles. The van der Waals surface area contributed by atoms with E-state index in [-0.39, 0.29) is 24.0 Å². The topological polar surface area (TPSA) is 48.9 Å². The van der Waals surface area contributed by atoms with Gasteiger partial charge in [0.05, 0.1) is 13.2 Å². The molecule has 0 bridgehead atoms. The zero-order valence-electron chi connectivity index (χ0n) is 18.3. The number of hydrogen-bond acceptors (Lipinski definition) is 3. The summed E-state index contributed by atoms with van der Waals surface area (Å²) in [5.41, 5.74) is 1.16. The molecule has 5 nitrogen and oxygen atoms in total. The SMILES string of the molecule is CCNC(=NCc1ccccc1OCC1CC1)NC1CCN(CC(C)C)CC1.I. The Kier molecular flexibility index (Phi) is 10.6. The molecule has 164 valence electrons. The van der Waals surface area contributed by atoms with Crippen molar-refractivity contribution in [3.05, 3.63) is 29.8 Å². The van der Waals surface area contributed by atoms with Crippen molar-refractivity contribution in [2.75, 3.05) is 32.8 Å². The zero-order chi connectivity index (χ0) is 19.8. The molecule has 0 unspecified atom stereocenters. The minimum atomic E-state index is 0. The van der Waals surface area contributed by atoms with Crippen LogP contribution in [0.1, 0.15) is 52.0 Å². The Bertz CT molecular complexity index is 625. The van der Waals surface area contributed by atoms with Crippen molar-refractivity contribution in [1.29, 1.82) is 0 Å². The molecule has 1 aromatic carbocycles. The van der Waals surface area contributed by atoms with Gasteiger partial charge in [-0.2, -0.15) is 0 Å². The monoisotopic (exact) mass is 514 g/mol. The number of benzene rings is 1. The third-order valence-corrected chi connectivity index (χ3v) is 5.45. The number of para-hydroxylation sites is 1. The minimum Gasteiger partial charge on any atom is -0.493 e. The maximum Gasteiger partial charge on any atom is 0.191 e. The molecule has 0 radical (unpaired) electrons. The van der Waals surface area contributed by atoms with E-state index in [9.17, 15) is 0 Å². The highest BCUT2D eigenvalue weighted by Gasteiger charge is 2.22. The van der Waals surface area contributed by atoms with Gasteiger partial charge in [-0.15, -0.1) is 24.0 Å². The predicted molar refractivity (Wildman–Crippen MR) is 132 cm³/mol. The highest BCUT2D eigenvalue weighted by atomic mass is 127. The van der Waals surface area contributed by atoms with Gasteiger partial charge in [0.1, 0.15) is 5.75 Å². The standard InChI is InChI=1S/C23H38N4O.HI/c1-4-24-23(26-21-11-13-27(14-12-21)16-18(2)3)25-15-20-7-5-6-8-22(20)28-17-19-9-10-19;/h5-8,18-19,21H,4,9-17H2,1-3H3,(H2,24,25,26);1H. The molecule has 2 fully saturated rings. The quantitative estimate of drug-likeness (QED) is 0.294. The number of hydrogen-bond donors (Lipinski definition) is 2. The van der Waals surface area contributed by atoms with Crippen LogP contribution >= 0.6 is 24.0 Å². The van der Waals surface area contributed by atoms with Crippen LogP contribution in [0.25, 0.3) is 0 Å². The number of guanidine groups is 1. The third kappa shape index (κ3) is 8.70. The van der Waals surface area contributed by atoms with Crippen molar-refractivity contribution in [3.8, 4) is 5.75 Å². The summed E-state index contributed by atoms with van der Waals surface area (Å²) >= 11 is 0. The number of piperidine rings is 1. The van der Waals surface area contributed by atoms with Crippen LogP contribution in [0.3, 0.4) is 0 Å². The van der Waals surface area contributed by atoms with Crippen molar-refractivity contribution >= 4 is 29.9 Å². The first-order valence-electron chi connectivity index (χ1n) is 11.1. The first-order valence-corrected chi connectivity index (χ1v) is 11.1. The van der Waals surface area contributed by atoms with E-state index in [1.165, 1.54) is 45.3 Å². The lowest BCUT2D eigenvalue weighted by atomic mass is 10.0. The first kappa shape index (κ1) is 24.3. The Balaban J connectivity index is 0.00000300. The summed E-state index contributed by atoms with van der Waals surface area (Å²) in [7, 11) is 0. The Labute approximate surface area is 194 Å². The highest BCUT2D eigenvalue weighted by Crippen LogP contribution is 2.30. The average molecular weight is 514 g/mol. The molecule has 6 heteroatoms. The normalized spacial score (nSPS) is 18.4. The van der Waals surface area contributed by atoms with Gasteiger partial charge in [0.2, 0.25) is 0 Å². The molecule has 1 heterocycles. The van der Waals surface area contributed by atoms with Crippen LogP contribution in [0.15, 0.2) is 29.3 Å². The molecule has 1 aliphatic heterocycles. The van der Waals surface area contributed by atoms with Crippen molar-refractivity contribution in [2.45, 2.75) is 59.0 Å². The second kappa shape index (κ2) is 12.6. The summed E-state index contributed by atoms with van der Waals surface area (Å²) in [4.78, 5) is 7.43. The van der Waals surface area contributed by atoms with Crippen LogP contribution in [-0.2, 0) is 6.54 Å². The smallest absolute Gasteiger partial charge is 0.191 e. The van der Waals surface area contributed by atoms with Crippen LogP contribution in [-0.4, -0.2) is 49.7 Å². The molecule has 3 rings (SSSR count). The molecule has 2 N–H and O–H groups in total. The number of nitrogens with zero attached hydrogens (tertiary/aromatic N) is 2. The van der Waals surface area contributed by atoms with E-state index in [4.69, 9.17) is 9.73 Å². The third-order valence-electron chi connectivity index (χ3n) is 5.45. The van der Waals surface area contributed by atoms with E-state index in [0.29, 0.717) is 12.6 Å². The van der Waals surface area contributed by atoms with Gasteiger partial charge in [-0.25, -0.2) is 4.99 Å². The van der Waals surface area contributed by atoms with E-state index in [1.807, 2.05) is 6.07 Å². The van der Waals surface area contributed by atoms with Gasteiger partial charge in [0.15, 0.2) is 5.96 Å². The number of ether oxygens (including phenoxy) is 1. The van der Waals surface area contributed by atoms with E-state index >= 15 is 0 Å². The minimum absolute atomic E-state index is 0. The summed E-state index contributed by atoms with van der Waals surface area (Å²) in [6, 6.07) is 8.81. The summed E-state index contributed by atoms with van der Waals surface area (Å²) in [6.07, 6.45) is 4.98. The lowest BCUT2D eigenvalue weighted by molar-refractivity contribution is 0.187. The molecule has 2 aliphatic rings. The number of rotatable bonds is 9. The highest BCUT2D eigenvalue weighted by molar-refractivity contribution is 14.0. The fourth-order valence-electron chi connectivity index (χ4n) is 3.72. The first-order chi connectivity index (χ1) is 13.6. The van der Waals surface area contributed by atoms with Gasteiger partial charge in [0.25, 0.3) is 0 Å². The predicted octanol–water partition coefficient (Wildman–Crippen LogP) is 4.27. The number of nitrogens with one attached hydrogen (secondary N) is 2. The number of halogens is 1. The molecule has 0 spiro atoms. The molecule has 0 aromatic heterocycles. The second-order valence-electron chi connectivity index (χ2n) is 8.67. The molecule has 1 aliphatic carbocycles. The van der Waals surface area contributed by atoms with Crippen LogP contribution in [0.5, 0.6) is 5.75 Å². The maximum atomic E-state index is 6.03. The molecule has 0 amide bonds. The molecule has 0 atom stereocenters. The van der Waals surface area contributed by atoms with Crippen LogP contribution in [0, 0.1) is 11.8 Å². The Morgan fingerprint density at radius 1 is 1.17 bits per heavy atom. The fraction of sp³-hybridized carbons (Fsp3) is 0.696. The van der Waals surface area contributed by atoms with Gasteiger partial charge in [-0.3, -0.25) is 0 Å². The van der Waals surface area contributed by atoms with E-state index in [0.717, 1.165) is 42.3 Å². The Hall–Kier alpha value is -1.02. The van der Waals surface area contributed by atoms with Gasteiger partial charge in [-0.05, 0) is 50.5 Å². The molecular formula is C23H39IN4O. The lowest BCUT2D eigenvalue weighted by Crippen LogP contribution is -2.49. The van der Waals surface area contributed by atoms with Crippen molar-refractivity contribution in [2.24, 2.45) is 16.8 Å². The second-order valence-corrected chi connectivity index (χ2v) is 8.67. The summed E-state index contributed by atoms with van der Waals surface area (Å²) in [5.74, 6) is 3.40. The van der Waals surface area contributed by atoms with E-state index < -0.39 is 0 Å². The van der Waals surface area contributed by atoms with Gasteiger partial charge >= 0.3 is 0 Å². The van der Waals surface area contributed by atoms with Gasteiger partial charge < -0.3 is 20.3 Å². The van der Waals surface area contributed by atoms with Crippen molar-refractivity contribution in [3.63, 3.8) is 0 Å². The van der Waals surface area contributed by atoms with Crippen LogP contribution in [0.4, 0.5) is 0 Å². The van der Waals surface area contributed by atoms with E-state index in [2.05, 4.69) is 54.5 Å². The molecule has 1 aromatic rings. The van der Waals surface area contributed by atoms with Crippen LogP contribution < -0.4 is 15.4 Å². The Morgan fingerprint density at radius 2 is 1.90 bits per heavy atom. The maximum absolute atomic E-state index is 6.03. The van der Waals surface area contributed by atoms with Gasteiger partial charge in [-0.1, -0.05) is 32.0 Å². The molecule has 29 heavy (non-hydrogen) atoms. The fourth-order valence-corrected chi connectivity index (χ4v) is 3.72. The van der Waals surface area contributed by atoms with Crippen LogP contribution in [0.2, 0.25) is 0 Å². The average Bonchev–Trinajstić information content (AvgIpc) is 3.51. The lowest BCUT2D eigenvalue weighted by Gasteiger charge is -2.34. The van der Waals surface area contributed by atoms with Crippen molar-refractivity contribution in [1.82, 2.24) is 15.5 Å². The largest absolute Gasteiger partial charge is 0.493 e. The summed E-state index contributed by atoms with van der Waals surface area (Å²) in [5, 5.41) is 7.06. The van der Waals surface area contributed by atoms with Crippen molar-refractivity contribution < 1.29 is 4.74 Å². The Morgan fingerprint density at radius 3 is 2.55 bits per heavy atom. The number of likely N-dealkylation sites (tertiary alicyclic amines) is 1. The zero-order valence-corrected chi connectivity index (χ0v) is 20.7. The summed E-state index contributed by atoms with van der Waals surface area (Å²) in [6.45, 7) is 12.6.